The Morgan fingerprint density at radius 2 is 1.70 bits per heavy atom. The third-order valence-corrected chi connectivity index (χ3v) is 3.67. The third kappa shape index (κ3) is 4.55. The quantitative estimate of drug-likeness (QED) is 0.732. The van der Waals surface area contributed by atoms with Crippen molar-refractivity contribution < 1.29 is 4.79 Å². The van der Waals surface area contributed by atoms with Gasteiger partial charge >= 0.3 is 6.03 Å². The number of aryl methyl sites for hydroxylation is 2. The SMILES string of the molecule is CCCCCN(C)C(=O)Nc1c(CC)cccc1CC. The zero-order valence-corrected chi connectivity index (χ0v) is 13.3. The van der Waals surface area contributed by atoms with E-state index < -0.39 is 0 Å². The summed E-state index contributed by atoms with van der Waals surface area (Å²) in [6.07, 6.45) is 5.28. The molecule has 0 heterocycles. The van der Waals surface area contributed by atoms with E-state index in [1.165, 1.54) is 24.0 Å². The van der Waals surface area contributed by atoms with Crippen LogP contribution < -0.4 is 5.32 Å². The van der Waals surface area contributed by atoms with Crippen molar-refractivity contribution in [3.63, 3.8) is 0 Å². The van der Waals surface area contributed by atoms with Gasteiger partial charge in [-0.2, -0.15) is 0 Å². The molecule has 1 aromatic rings. The van der Waals surface area contributed by atoms with Crippen molar-refractivity contribution in [3.05, 3.63) is 29.3 Å². The lowest BCUT2D eigenvalue weighted by Gasteiger charge is -2.20. The highest BCUT2D eigenvalue weighted by atomic mass is 16.2. The summed E-state index contributed by atoms with van der Waals surface area (Å²) in [5.41, 5.74) is 3.42. The van der Waals surface area contributed by atoms with Crippen molar-refractivity contribution in [2.24, 2.45) is 0 Å². The zero-order chi connectivity index (χ0) is 15.0. The molecule has 20 heavy (non-hydrogen) atoms. The molecule has 1 N–H and O–H groups in total. The number of anilines is 1. The molecular formula is C17H28N2O. The minimum absolute atomic E-state index is 0.00305. The van der Waals surface area contributed by atoms with Gasteiger partial charge in [-0.05, 0) is 30.4 Å². The summed E-state index contributed by atoms with van der Waals surface area (Å²) >= 11 is 0. The minimum atomic E-state index is -0.00305. The van der Waals surface area contributed by atoms with Crippen LogP contribution in [0.15, 0.2) is 18.2 Å². The molecule has 0 saturated heterocycles. The van der Waals surface area contributed by atoms with Gasteiger partial charge < -0.3 is 10.2 Å². The van der Waals surface area contributed by atoms with E-state index in [-0.39, 0.29) is 6.03 Å². The fourth-order valence-corrected chi connectivity index (χ4v) is 2.31. The largest absolute Gasteiger partial charge is 0.328 e. The molecule has 0 radical (unpaired) electrons. The number of carbonyl (C=O) groups excluding carboxylic acids is 1. The first-order valence-electron chi connectivity index (χ1n) is 7.76. The third-order valence-electron chi connectivity index (χ3n) is 3.67. The highest BCUT2D eigenvalue weighted by Gasteiger charge is 2.12. The number of hydrogen-bond donors (Lipinski definition) is 1. The van der Waals surface area contributed by atoms with Gasteiger partial charge in [0.1, 0.15) is 0 Å². The molecule has 0 bridgehead atoms. The van der Waals surface area contributed by atoms with Crippen LogP contribution in [0.25, 0.3) is 0 Å². The summed E-state index contributed by atoms with van der Waals surface area (Å²) in [6.45, 7) is 7.23. The molecule has 1 rings (SSSR count). The number of nitrogens with one attached hydrogen (secondary N) is 1. The molecule has 0 unspecified atom stereocenters. The Bertz CT molecular complexity index is 407. The Balaban J connectivity index is 2.74. The first-order chi connectivity index (χ1) is 9.63. The number of benzene rings is 1. The molecular weight excluding hydrogens is 248 g/mol. The van der Waals surface area contributed by atoms with Gasteiger partial charge in [-0.15, -0.1) is 0 Å². The topological polar surface area (TPSA) is 32.3 Å². The van der Waals surface area contributed by atoms with E-state index in [0.29, 0.717) is 0 Å². The van der Waals surface area contributed by atoms with Gasteiger partial charge in [0.25, 0.3) is 0 Å². The van der Waals surface area contributed by atoms with Gasteiger partial charge in [0.05, 0.1) is 0 Å². The van der Waals surface area contributed by atoms with E-state index in [9.17, 15) is 4.79 Å². The van der Waals surface area contributed by atoms with Gasteiger partial charge in [-0.3, -0.25) is 0 Å². The number of unbranched alkanes of at least 4 members (excludes halogenated alkanes) is 2. The van der Waals surface area contributed by atoms with Gasteiger partial charge in [-0.25, -0.2) is 4.79 Å². The number of amides is 2. The average Bonchev–Trinajstić information content (AvgIpc) is 2.47. The Kier molecular flexibility index (Phi) is 7.13. The van der Waals surface area contributed by atoms with E-state index >= 15 is 0 Å². The predicted molar refractivity (Wildman–Crippen MR) is 86.4 cm³/mol. The van der Waals surface area contributed by atoms with E-state index in [0.717, 1.165) is 31.5 Å². The van der Waals surface area contributed by atoms with E-state index in [4.69, 9.17) is 0 Å². The highest BCUT2D eigenvalue weighted by molar-refractivity contribution is 5.91. The van der Waals surface area contributed by atoms with Crippen molar-refractivity contribution >= 4 is 11.7 Å². The second-order valence-corrected chi connectivity index (χ2v) is 5.22. The minimum Gasteiger partial charge on any atom is -0.328 e. The van der Waals surface area contributed by atoms with Gasteiger partial charge in [0.2, 0.25) is 0 Å². The lowest BCUT2D eigenvalue weighted by molar-refractivity contribution is 0.221. The molecule has 1 aromatic carbocycles. The average molecular weight is 276 g/mol. The fraction of sp³-hybridized carbons (Fsp3) is 0.588. The smallest absolute Gasteiger partial charge is 0.321 e. The molecule has 0 aliphatic carbocycles. The summed E-state index contributed by atoms with van der Waals surface area (Å²) in [7, 11) is 1.87. The van der Waals surface area contributed by atoms with E-state index in [1.807, 2.05) is 7.05 Å². The molecule has 0 aliphatic rings. The number of rotatable bonds is 7. The van der Waals surface area contributed by atoms with E-state index in [1.54, 1.807) is 4.90 Å². The monoisotopic (exact) mass is 276 g/mol. The summed E-state index contributed by atoms with van der Waals surface area (Å²) in [5.74, 6) is 0. The molecule has 0 fully saturated rings. The number of carbonyl (C=O) groups is 1. The molecule has 112 valence electrons. The Morgan fingerprint density at radius 3 is 2.20 bits per heavy atom. The van der Waals surface area contributed by atoms with Crippen LogP contribution in [0.3, 0.4) is 0 Å². The van der Waals surface area contributed by atoms with Crippen molar-refractivity contribution in [1.82, 2.24) is 4.90 Å². The maximum atomic E-state index is 12.3. The summed E-state index contributed by atoms with van der Waals surface area (Å²) in [6, 6.07) is 6.24. The standard InChI is InChI=1S/C17H28N2O/c1-5-8-9-13-19(4)17(20)18-16-14(6-2)11-10-12-15(16)7-3/h10-12H,5-9,13H2,1-4H3,(H,18,20). The van der Waals surface area contributed by atoms with Crippen LogP contribution in [-0.4, -0.2) is 24.5 Å². The first kappa shape index (κ1) is 16.5. The van der Waals surface area contributed by atoms with Crippen LogP contribution in [0, 0.1) is 0 Å². The van der Waals surface area contributed by atoms with Crippen LogP contribution in [-0.2, 0) is 12.8 Å². The molecule has 2 amide bonds. The molecule has 0 spiro atoms. The van der Waals surface area contributed by atoms with Crippen LogP contribution in [0.1, 0.15) is 51.2 Å². The first-order valence-corrected chi connectivity index (χ1v) is 7.76. The van der Waals surface area contributed by atoms with Crippen LogP contribution >= 0.6 is 0 Å². The maximum Gasteiger partial charge on any atom is 0.321 e. The molecule has 3 nitrogen and oxygen atoms in total. The predicted octanol–water partition coefficient (Wildman–Crippen LogP) is 4.47. The second-order valence-electron chi connectivity index (χ2n) is 5.22. The molecule has 0 aromatic heterocycles. The normalized spacial score (nSPS) is 10.4. The Labute approximate surface area is 123 Å². The van der Waals surface area contributed by atoms with Crippen LogP contribution in [0.4, 0.5) is 10.5 Å². The fourth-order valence-electron chi connectivity index (χ4n) is 2.31. The number of nitrogens with zero attached hydrogens (tertiary/aromatic N) is 1. The van der Waals surface area contributed by atoms with Gasteiger partial charge in [0.15, 0.2) is 0 Å². The molecule has 3 heteroatoms. The number of urea groups is 1. The summed E-state index contributed by atoms with van der Waals surface area (Å²) in [4.78, 5) is 14.0. The van der Waals surface area contributed by atoms with Crippen LogP contribution in [0.2, 0.25) is 0 Å². The van der Waals surface area contributed by atoms with Crippen molar-refractivity contribution in [3.8, 4) is 0 Å². The van der Waals surface area contributed by atoms with Gasteiger partial charge in [-0.1, -0.05) is 51.8 Å². The lowest BCUT2D eigenvalue weighted by Crippen LogP contribution is -2.32. The molecule has 0 atom stereocenters. The number of para-hydroxylation sites is 1. The lowest BCUT2D eigenvalue weighted by atomic mass is 10.0. The second kappa shape index (κ2) is 8.62. The molecule has 0 saturated carbocycles. The Hall–Kier alpha value is -1.51. The Morgan fingerprint density at radius 1 is 1.10 bits per heavy atom. The summed E-state index contributed by atoms with van der Waals surface area (Å²) < 4.78 is 0. The van der Waals surface area contributed by atoms with E-state index in [2.05, 4.69) is 44.3 Å². The zero-order valence-electron chi connectivity index (χ0n) is 13.3. The van der Waals surface area contributed by atoms with Crippen LogP contribution in [0.5, 0.6) is 0 Å². The van der Waals surface area contributed by atoms with Gasteiger partial charge in [0, 0.05) is 19.3 Å². The highest BCUT2D eigenvalue weighted by Crippen LogP contribution is 2.22. The summed E-state index contributed by atoms with van der Waals surface area (Å²) in [5, 5.41) is 3.09. The van der Waals surface area contributed by atoms with Crippen molar-refractivity contribution in [2.75, 3.05) is 18.9 Å². The number of hydrogen-bond acceptors (Lipinski definition) is 1. The molecule has 0 aliphatic heterocycles. The van der Waals surface area contributed by atoms with Crippen molar-refractivity contribution in [2.45, 2.75) is 52.9 Å². The maximum absolute atomic E-state index is 12.3. The van der Waals surface area contributed by atoms with Crippen molar-refractivity contribution in [1.29, 1.82) is 0 Å².